The molecule has 6 atom stereocenters. The Morgan fingerprint density at radius 3 is 2.72 bits per heavy atom. The second-order valence-electron chi connectivity index (χ2n) is 10.8. The first-order valence-electron chi connectivity index (χ1n) is 12.9. The molecule has 1 saturated heterocycles. The van der Waals surface area contributed by atoms with Crippen molar-refractivity contribution in [3.05, 3.63) is 34.9 Å². The predicted molar refractivity (Wildman–Crippen MR) is 138 cm³/mol. The van der Waals surface area contributed by atoms with E-state index in [-0.39, 0.29) is 18.2 Å². The number of anilines is 1. The number of aromatic nitrogens is 5. The van der Waals surface area contributed by atoms with E-state index in [1.165, 1.54) is 16.7 Å². The number of thioether (sulfide) groups is 1. The third kappa shape index (κ3) is 4.27. The number of nitrogens with one attached hydrogen (secondary N) is 1. The molecule has 36 heavy (non-hydrogen) atoms. The predicted octanol–water partition coefficient (Wildman–Crippen LogP) is 4.13. The summed E-state index contributed by atoms with van der Waals surface area (Å²) in [5, 5.41) is 24.0. The van der Waals surface area contributed by atoms with Crippen molar-refractivity contribution >= 4 is 28.7 Å². The molecule has 10 heteroatoms. The molecule has 192 valence electrons. The van der Waals surface area contributed by atoms with Crippen LogP contribution in [-0.2, 0) is 9.47 Å². The number of aliphatic hydroxyl groups is 1. The molecule has 0 bridgehead atoms. The highest BCUT2D eigenvalue weighted by Crippen LogP contribution is 2.46. The van der Waals surface area contributed by atoms with Gasteiger partial charge in [0.15, 0.2) is 27.9 Å². The molecule has 3 aromatic rings. The highest BCUT2D eigenvalue weighted by Gasteiger charge is 2.55. The van der Waals surface area contributed by atoms with Crippen LogP contribution in [0.25, 0.3) is 11.2 Å². The van der Waals surface area contributed by atoms with Crippen molar-refractivity contribution in [1.82, 2.24) is 25.0 Å². The zero-order valence-electron chi connectivity index (χ0n) is 21.4. The lowest BCUT2D eigenvalue weighted by atomic mass is 10.0. The number of benzene rings is 1. The lowest BCUT2D eigenvalue weighted by Gasteiger charge is -2.22. The van der Waals surface area contributed by atoms with E-state index in [1.54, 1.807) is 11.8 Å². The Labute approximate surface area is 215 Å². The van der Waals surface area contributed by atoms with E-state index in [9.17, 15) is 5.11 Å². The summed E-state index contributed by atoms with van der Waals surface area (Å²) in [6.45, 7) is 10.2. The number of nitrogens with zero attached hydrogens (tertiary/aromatic N) is 5. The maximum atomic E-state index is 10.7. The molecule has 3 fully saturated rings. The number of hydrogen-bond acceptors (Lipinski definition) is 9. The maximum absolute atomic E-state index is 10.7. The fourth-order valence-corrected chi connectivity index (χ4v) is 6.15. The fourth-order valence-electron chi connectivity index (χ4n) is 5.45. The molecular formula is C26H34N6O3S. The molecule has 2 N–H and O–H groups in total. The monoisotopic (exact) mass is 510 g/mol. The van der Waals surface area contributed by atoms with Crippen LogP contribution in [0.1, 0.15) is 68.7 Å². The van der Waals surface area contributed by atoms with E-state index < -0.39 is 11.9 Å². The summed E-state index contributed by atoms with van der Waals surface area (Å²) in [5.41, 5.74) is 5.31. The van der Waals surface area contributed by atoms with Gasteiger partial charge in [0.1, 0.15) is 12.2 Å². The SMILES string of the molecule is CCCSc1nc(NC2CC2c2ccc(C)c(C)c2)c2nnn(C3CC(O)C4OC(C)(C)OC43)c2n1. The number of hydrogen-bond donors (Lipinski definition) is 2. The molecule has 9 nitrogen and oxygen atoms in total. The average Bonchev–Trinajstić information content (AvgIpc) is 3.19. The number of rotatable bonds is 7. The molecule has 3 aliphatic rings. The van der Waals surface area contributed by atoms with Crippen LogP contribution in [0.5, 0.6) is 0 Å². The highest BCUT2D eigenvalue weighted by molar-refractivity contribution is 7.99. The van der Waals surface area contributed by atoms with E-state index in [0.717, 1.165) is 24.4 Å². The summed E-state index contributed by atoms with van der Waals surface area (Å²) in [4.78, 5) is 9.69. The molecular weight excluding hydrogens is 476 g/mol. The van der Waals surface area contributed by atoms with Gasteiger partial charge in [0, 0.05) is 24.1 Å². The standard InChI is InChI=1S/C26H34N6O3S/c1-6-9-36-25-28-23(27-17-11-16(17)15-8-7-13(2)14(3)10-15)20-24(29-25)32(31-30-20)18-12-19(33)22-21(18)34-26(4,5)35-22/h7-8,10,16-19,21-22,33H,6,9,11-12H2,1-5H3,(H,27,28,29). The van der Waals surface area contributed by atoms with Crippen LogP contribution in [0.3, 0.4) is 0 Å². The first kappa shape index (κ1) is 24.1. The van der Waals surface area contributed by atoms with Crippen molar-refractivity contribution < 1.29 is 14.6 Å². The molecule has 6 unspecified atom stereocenters. The minimum atomic E-state index is -0.746. The Bertz CT molecular complexity index is 1300. The fraction of sp³-hybridized carbons (Fsp3) is 0.615. The lowest BCUT2D eigenvalue weighted by Crippen LogP contribution is -2.29. The topological polar surface area (TPSA) is 107 Å². The zero-order chi connectivity index (χ0) is 25.2. The van der Waals surface area contributed by atoms with Crippen molar-refractivity contribution in [1.29, 1.82) is 0 Å². The Morgan fingerprint density at radius 2 is 1.94 bits per heavy atom. The molecule has 1 aliphatic heterocycles. The molecule has 0 amide bonds. The third-order valence-electron chi connectivity index (χ3n) is 7.53. The van der Waals surface area contributed by atoms with Crippen LogP contribution in [0.4, 0.5) is 5.82 Å². The summed E-state index contributed by atoms with van der Waals surface area (Å²) in [5.74, 6) is 1.36. The summed E-state index contributed by atoms with van der Waals surface area (Å²) in [6.07, 6.45) is 1.24. The van der Waals surface area contributed by atoms with Crippen LogP contribution in [0.2, 0.25) is 0 Å². The number of aliphatic hydroxyl groups excluding tert-OH is 1. The molecule has 2 aromatic heterocycles. The Hall–Kier alpha value is -2.27. The van der Waals surface area contributed by atoms with Crippen molar-refractivity contribution in [3.8, 4) is 0 Å². The Morgan fingerprint density at radius 1 is 1.14 bits per heavy atom. The van der Waals surface area contributed by atoms with E-state index >= 15 is 0 Å². The Balaban J connectivity index is 1.32. The summed E-state index contributed by atoms with van der Waals surface area (Å²) < 4.78 is 14.0. The quantitative estimate of drug-likeness (QED) is 0.358. The molecule has 0 radical (unpaired) electrons. The van der Waals surface area contributed by atoms with E-state index in [0.29, 0.717) is 34.7 Å². The maximum Gasteiger partial charge on any atom is 0.191 e. The minimum Gasteiger partial charge on any atom is -0.390 e. The lowest BCUT2D eigenvalue weighted by molar-refractivity contribution is -0.165. The van der Waals surface area contributed by atoms with Crippen LogP contribution >= 0.6 is 11.8 Å². The van der Waals surface area contributed by atoms with Gasteiger partial charge in [0.05, 0.1) is 12.1 Å². The van der Waals surface area contributed by atoms with Crippen LogP contribution in [0.15, 0.2) is 23.4 Å². The summed E-state index contributed by atoms with van der Waals surface area (Å²) >= 11 is 1.64. The zero-order valence-corrected chi connectivity index (χ0v) is 22.2. The summed E-state index contributed by atoms with van der Waals surface area (Å²) in [7, 11) is 0. The molecule has 3 heterocycles. The van der Waals surface area contributed by atoms with Crippen molar-refractivity contribution in [2.45, 2.75) is 101 Å². The molecule has 2 aliphatic carbocycles. The number of aryl methyl sites for hydroxylation is 2. The first-order valence-corrected chi connectivity index (χ1v) is 13.9. The van der Waals surface area contributed by atoms with Crippen LogP contribution in [-0.4, -0.2) is 66.0 Å². The highest BCUT2D eigenvalue weighted by atomic mass is 32.2. The second kappa shape index (κ2) is 8.93. The molecule has 0 spiro atoms. The van der Waals surface area contributed by atoms with Gasteiger partial charge in [0.2, 0.25) is 0 Å². The second-order valence-corrected chi connectivity index (χ2v) is 11.8. The van der Waals surface area contributed by atoms with Gasteiger partial charge in [-0.05, 0) is 57.2 Å². The van der Waals surface area contributed by atoms with Crippen molar-refractivity contribution in [3.63, 3.8) is 0 Å². The van der Waals surface area contributed by atoms with Crippen molar-refractivity contribution in [2.75, 3.05) is 11.1 Å². The van der Waals surface area contributed by atoms with Crippen LogP contribution in [0, 0.1) is 13.8 Å². The van der Waals surface area contributed by atoms with Gasteiger partial charge in [0.25, 0.3) is 0 Å². The van der Waals surface area contributed by atoms with Gasteiger partial charge in [-0.2, -0.15) is 0 Å². The molecule has 1 aromatic carbocycles. The average molecular weight is 511 g/mol. The van der Waals surface area contributed by atoms with E-state index in [1.807, 2.05) is 18.5 Å². The normalized spacial score (nSPS) is 30.6. The van der Waals surface area contributed by atoms with Gasteiger partial charge in [-0.15, -0.1) is 5.10 Å². The minimum absolute atomic E-state index is 0.215. The molecule has 6 rings (SSSR count). The van der Waals surface area contributed by atoms with Gasteiger partial charge >= 0.3 is 0 Å². The van der Waals surface area contributed by atoms with E-state index in [4.69, 9.17) is 19.4 Å². The summed E-state index contributed by atoms with van der Waals surface area (Å²) in [6, 6.07) is 6.81. The van der Waals surface area contributed by atoms with Gasteiger partial charge in [-0.3, -0.25) is 0 Å². The number of ether oxygens (including phenoxy) is 2. The molecule has 2 saturated carbocycles. The smallest absolute Gasteiger partial charge is 0.191 e. The van der Waals surface area contributed by atoms with Gasteiger partial charge in [-0.25, -0.2) is 14.6 Å². The third-order valence-corrected chi connectivity index (χ3v) is 8.58. The largest absolute Gasteiger partial charge is 0.390 e. The Kier molecular flexibility index (Phi) is 5.98. The first-order chi connectivity index (χ1) is 17.2. The van der Waals surface area contributed by atoms with Gasteiger partial charge < -0.3 is 19.9 Å². The van der Waals surface area contributed by atoms with Crippen LogP contribution < -0.4 is 5.32 Å². The van der Waals surface area contributed by atoms with E-state index in [2.05, 4.69) is 54.6 Å². The van der Waals surface area contributed by atoms with Gasteiger partial charge in [-0.1, -0.05) is 42.1 Å². The van der Waals surface area contributed by atoms with Crippen molar-refractivity contribution in [2.24, 2.45) is 0 Å². The number of fused-ring (bicyclic) bond motifs is 2.